The van der Waals surface area contributed by atoms with Crippen molar-refractivity contribution in [3.05, 3.63) is 52.2 Å². The van der Waals surface area contributed by atoms with Gasteiger partial charge in [-0.05, 0) is 46.5 Å². The largest absolute Gasteiger partial charge is 0.375 e. The summed E-state index contributed by atoms with van der Waals surface area (Å²) < 4.78 is 28.2. The van der Waals surface area contributed by atoms with Crippen molar-refractivity contribution in [1.29, 1.82) is 0 Å². The zero-order valence-corrected chi connectivity index (χ0v) is 15.3. The number of carbonyl (C=O) groups excluding carboxylic acids is 1. The predicted molar refractivity (Wildman–Crippen MR) is 95.0 cm³/mol. The number of methoxy groups -OCH3 is 1. The Morgan fingerprint density at radius 3 is 2.50 bits per heavy atom. The van der Waals surface area contributed by atoms with E-state index in [1.54, 1.807) is 42.7 Å². The van der Waals surface area contributed by atoms with Crippen LogP contribution in [0.5, 0.6) is 0 Å². The summed E-state index contributed by atoms with van der Waals surface area (Å²) in [7, 11) is -1.56. The van der Waals surface area contributed by atoms with Crippen LogP contribution in [0.25, 0.3) is 0 Å². The van der Waals surface area contributed by atoms with Gasteiger partial charge in [0.1, 0.15) is 6.10 Å². The van der Waals surface area contributed by atoms with Gasteiger partial charge in [-0.3, -0.25) is 4.79 Å². The van der Waals surface area contributed by atoms with Gasteiger partial charge in [0.2, 0.25) is 5.91 Å². The molecule has 0 fully saturated rings. The van der Waals surface area contributed by atoms with E-state index in [-0.39, 0.29) is 16.9 Å². The summed E-state index contributed by atoms with van der Waals surface area (Å²) in [5.74, 6) is -0.0560. The Hall–Kier alpha value is -1.70. The summed E-state index contributed by atoms with van der Waals surface area (Å²) in [4.78, 5) is 12.3. The topological polar surface area (TPSA) is 72.5 Å². The van der Waals surface area contributed by atoms with Gasteiger partial charge < -0.3 is 10.1 Å². The fourth-order valence-corrected chi connectivity index (χ4v) is 3.58. The summed E-state index contributed by atoms with van der Waals surface area (Å²) in [5, 5.41) is 6.85. The highest BCUT2D eigenvalue weighted by molar-refractivity contribution is 7.90. The summed E-state index contributed by atoms with van der Waals surface area (Å²) in [5.41, 5.74) is 1.98. The van der Waals surface area contributed by atoms with Crippen LogP contribution >= 0.6 is 11.3 Å². The van der Waals surface area contributed by atoms with E-state index in [1.807, 2.05) is 16.8 Å². The maximum Gasteiger partial charge on any atom is 0.220 e. The first-order chi connectivity index (χ1) is 11.4. The van der Waals surface area contributed by atoms with Crippen LogP contribution in [0.2, 0.25) is 0 Å². The minimum absolute atomic E-state index is 0.0560. The minimum atomic E-state index is -3.19. The lowest BCUT2D eigenvalue weighted by Gasteiger charge is -2.15. The third kappa shape index (κ3) is 5.43. The number of hydrogen-bond donors (Lipinski definition) is 1. The zero-order chi connectivity index (χ0) is 17.6. The number of thiophene rings is 1. The van der Waals surface area contributed by atoms with Crippen LogP contribution in [-0.4, -0.2) is 34.2 Å². The number of hydrogen-bond acceptors (Lipinski definition) is 5. The first-order valence-corrected chi connectivity index (χ1v) is 10.3. The number of sulfone groups is 1. The van der Waals surface area contributed by atoms with Crippen molar-refractivity contribution in [2.45, 2.75) is 23.8 Å². The molecule has 0 bridgehead atoms. The third-order valence-electron chi connectivity index (χ3n) is 3.68. The number of nitrogens with one attached hydrogen (secondary N) is 1. The van der Waals surface area contributed by atoms with E-state index in [0.717, 1.165) is 11.1 Å². The standard InChI is InChI=1S/C17H21NO4S2/c1-22-16(14-9-10-23-12-14)11-18-17(19)8-5-13-3-6-15(7-4-13)24(2,20)21/h3-4,6-7,9-10,12,16H,5,8,11H2,1-2H3,(H,18,19)/t16-/m0/s1. The summed E-state index contributed by atoms with van der Waals surface area (Å²) in [6, 6.07) is 8.61. The number of benzene rings is 1. The molecule has 2 aromatic rings. The van der Waals surface area contributed by atoms with Crippen LogP contribution in [0, 0.1) is 0 Å². The molecule has 7 heteroatoms. The highest BCUT2D eigenvalue weighted by atomic mass is 32.2. The predicted octanol–water partition coefficient (Wildman–Crippen LogP) is 2.59. The molecule has 0 aliphatic heterocycles. The lowest BCUT2D eigenvalue weighted by molar-refractivity contribution is -0.121. The average Bonchev–Trinajstić information content (AvgIpc) is 3.07. The van der Waals surface area contributed by atoms with Crippen molar-refractivity contribution in [3.8, 4) is 0 Å². The minimum Gasteiger partial charge on any atom is -0.375 e. The van der Waals surface area contributed by atoms with Gasteiger partial charge in [0.25, 0.3) is 0 Å². The molecule has 130 valence electrons. The van der Waals surface area contributed by atoms with E-state index >= 15 is 0 Å². The Morgan fingerprint density at radius 2 is 1.96 bits per heavy atom. The van der Waals surface area contributed by atoms with Crippen molar-refractivity contribution in [2.75, 3.05) is 19.9 Å². The first-order valence-electron chi connectivity index (χ1n) is 7.50. The summed E-state index contributed by atoms with van der Waals surface area (Å²) in [6.07, 6.45) is 1.94. The smallest absolute Gasteiger partial charge is 0.220 e. The van der Waals surface area contributed by atoms with Crippen LogP contribution in [0.3, 0.4) is 0 Å². The number of amides is 1. The molecule has 1 aromatic heterocycles. The molecule has 0 radical (unpaired) electrons. The van der Waals surface area contributed by atoms with Gasteiger partial charge in [0.15, 0.2) is 9.84 Å². The van der Waals surface area contributed by atoms with Crippen LogP contribution in [-0.2, 0) is 25.8 Å². The summed E-state index contributed by atoms with van der Waals surface area (Å²) >= 11 is 1.59. The monoisotopic (exact) mass is 367 g/mol. The van der Waals surface area contributed by atoms with E-state index < -0.39 is 9.84 Å². The Kier molecular flexibility index (Phi) is 6.53. The molecule has 2 rings (SSSR count). The van der Waals surface area contributed by atoms with Gasteiger partial charge >= 0.3 is 0 Å². The second kappa shape index (κ2) is 8.41. The lowest BCUT2D eigenvalue weighted by Crippen LogP contribution is -2.29. The molecule has 0 saturated carbocycles. The van der Waals surface area contributed by atoms with Gasteiger partial charge in [-0.1, -0.05) is 12.1 Å². The third-order valence-corrected chi connectivity index (χ3v) is 5.51. The van der Waals surface area contributed by atoms with E-state index in [0.29, 0.717) is 19.4 Å². The van der Waals surface area contributed by atoms with Gasteiger partial charge in [0.05, 0.1) is 4.90 Å². The van der Waals surface area contributed by atoms with Gasteiger partial charge in [-0.2, -0.15) is 11.3 Å². The molecule has 1 amide bonds. The fraction of sp³-hybridized carbons (Fsp3) is 0.353. The molecular formula is C17H21NO4S2. The normalized spacial score (nSPS) is 12.8. The van der Waals surface area contributed by atoms with Crippen LogP contribution in [0.4, 0.5) is 0 Å². The van der Waals surface area contributed by atoms with E-state index in [9.17, 15) is 13.2 Å². The fourth-order valence-electron chi connectivity index (χ4n) is 2.25. The highest BCUT2D eigenvalue weighted by Gasteiger charge is 2.12. The first kappa shape index (κ1) is 18.6. The van der Waals surface area contributed by atoms with Crippen molar-refractivity contribution in [2.24, 2.45) is 0 Å². The quantitative estimate of drug-likeness (QED) is 0.778. The van der Waals surface area contributed by atoms with Gasteiger partial charge in [0, 0.05) is 26.3 Å². The summed E-state index contributed by atoms with van der Waals surface area (Å²) in [6.45, 7) is 0.430. The Labute approximate surface area is 146 Å². The van der Waals surface area contributed by atoms with Crippen molar-refractivity contribution in [3.63, 3.8) is 0 Å². The maximum absolute atomic E-state index is 12.0. The maximum atomic E-state index is 12.0. The van der Waals surface area contributed by atoms with E-state index in [1.165, 1.54) is 6.26 Å². The van der Waals surface area contributed by atoms with Gasteiger partial charge in [-0.15, -0.1) is 0 Å². The molecule has 1 aromatic carbocycles. The van der Waals surface area contributed by atoms with Crippen LogP contribution in [0.1, 0.15) is 23.7 Å². The van der Waals surface area contributed by atoms with Crippen molar-refractivity contribution >= 4 is 27.1 Å². The van der Waals surface area contributed by atoms with Gasteiger partial charge in [-0.25, -0.2) is 8.42 Å². The van der Waals surface area contributed by atoms with Crippen LogP contribution < -0.4 is 5.32 Å². The second-order valence-electron chi connectivity index (χ2n) is 5.50. The molecule has 1 atom stereocenters. The molecular weight excluding hydrogens is 346 g/mol. The van der Waals surface area contributed by atoms with Crippen molar-refractivity contribution in [1.82, 2.24) is 5.32 Å². The molecule has 1 heterocycles. The molecule has 24 heavy (non-hydrogen) atoms. The lowest BCUT2D eigenvalue weighted by atomic mass is 10.1. The average molecular weight is 367 g/mol. The molecule has 0 aliphatic rings. The molecule has 0 aliphatic carbocycles. The van der Waals surface area contributed by atoms with Crippen LogP contribution in [0.15, 0.2) is 46.0 Å². The Morgan fingerprint density at radius 1 is 1.25 bits per heavy atom. The zero-order valence-electron chi connectivity index (χ0n) is 13.7. The Bertz CT molecular complexity index is 752. The van der Waals surface area contributed by atoms with Crippen molar-refractivity contribution < 1.29 is 17.9 Å². The molecule has 1 N–H and O–H groups in total. The molecule has 5 nitrogen and oxygen atoms in total. The van der Waals surface area contributed by atoms with E-state index in [2.05, 4.69) is 5.32 Å². The number of rotatable bonds is 8. The molecule has 0 unspecified atom stereocenters. The SMILES string of the molecule is CO[C@@H](CNC(=O)CCc1ccc(S(C)(=O)=O)cc1)c1ccsc1. The Balaban J connectivity index is 1.80. The van der Waals surface area contributed by atoms with E-state index in [4.69, 9.17) is 4.74 Å². The molecule has 0 spiro atoms. The molecule has 0 saturated heterocycles. The second-order valence-corrected chi connectivity index (χ2v) is 8.30. The number of carbonyl (C=O) groups is 1. The number of ether oxygens (including phenoxy) is 1. The highest BCUT2D eigenvalue weighted by Crippen LogP contribution is 2.18. The number of aryl methyl sites for hydroxylation is 1.